The number of para-hydroxylation sites is 1. The maximum atomic E-state index is 13.0. The van der Waals surface area contributed by atoms with Gasteiger partial charge in [0, 0.05) is 21.7 Å². The first-order valence-electron chi connectivity index (χ1n) is 10.0. The highest BCUT2D eigenvalue weighted by Crippen LogP contribution is 2.39. The van der Waals surface area contributed by atoms with Crippen LogP contribution in [-0.2, 0) is 11.3 Å². The fourth-order valence-electron chi connectivity index (χ4n) is 3.26. The molecule has 0 unspecified atom stereocenters. The van der Waals surface area contributed by atoms with Crippen molar-refractivity contribution in [2.24, 2.45) is 0 Å². The van der Waals surface area contributed by atoms with E-state index in [-0.39, 0.29) is 22.9 Å². The van der Waals surface area contributed by atoms with Crippen LogP contribution in [0.25, 0.3) is 6.08 Å². The Kier molecular flexibility index (Phi) is 7.25. The van der Waals surface area contributed by atoms with Crippen LogP contribution in [0.5, 0.6) is 11.5 Å². The van der Waals surface area contributed by atoms with Gasteiger partial charge in [0.15, 0.2) is 0 Å². The van der Waals surface area contributed by atoms with E-state index < -0.39 is 32.4 Å². The van der Waals surface area contributed by atoms with Crippen molar-refractivity contribution in [3.05, 3.63) is 107 Å². The molecule has 0 bridgehead atoms. The predicted molar refractivity (Wildman–Crippen MR) is 134 cm³/mol. The third-order valence-corrected chi connectivity index (χ3v) is 6.49. The average Bonchev–Trinajstić information content (AvgIpc) is 3.09. The van der Waals surface area contributed by atoms with Crippen molar-refractivity contribution in [3.8, 4) is 11.5 Å². The van der Waals surface area contributed by atoms with Gasteiger partial charge in [0.05, 0.1) is 27.4 Å². The maximum absolute atomic E-state index is 13.0. The molecule has 0 N–H and O–H groups in total. The van der Waals surface area contributed by atoms with Crippen molar-refractivity contribution in [2.75, 3.05) is 0 Å². The summed E-state index contributed by atoms with van der Waals surface area (Å²) in [5.74, 6) is -0.633. The molecule has 4 rings (SSSR count). The summed E-state index contributed by atoms with van der Waals surface area (Å²) in [6.45, 7) is -0.0505. The normalized spacial score (nSPS) is 14.4. The van der Waals surface area contributed by atoms with Crippen molar-refractivity contribution in [2.45, 2.75) is 6.54 Å². The third kappa shape index (κ3) is 5.33. The molecule has 1 aliphatic heterocycles. The number of nitro benzene ring substituents is 2. The van der Waals surface area contributed by atoms with Crippen molar-refractivity contribution >= 4 is 63.6 Å². The van der Waals surface area contributed by atoms with Crippen LogP contribution in [0, 0.1) is 20.2 Å². The molecule has 0 atom stereocenters. The maximum Gasteiger partial charge on any atom is 0.318 e. The van der Waals surface area contributed by atoms with E-state index in [1.54, 1.807) is 30.3 Å². The predicted octanol–water partition coefficient (Wildman–Crippen LogP) is 6.84. The minimum atomic E-state index is -0.793. The number of thioether (sulfide) groups is 1. The lowest BCUT2D eigenvalue weighted by atomic mass is 10.1. The quantitative estimate of drug-likeness (QED) is 0.179. The summed E-state index contributed by atoms with van der Waals surface area (Å²) in [6.07, 6.45) is 1.43. The molecule has 2 amide bonds. The standard InChI is InChI=1S/C23H13Cl2N3O7S/c24-15-6-5-14(17(25)10-15)12-26-22(29)21(36-23(26)30)9-13-3-1-2-4-19(13)35-20-8-7-16(27(31)32)11-18(20)28(33)34/h1-11H,12H2/b21-9+. The first kappa shape index (κ1) is 25.2. The number of nitrogens with zero attached hydrogens (tertiary/aromatic N) is 3. The monoisotopic (exact) mass is 545 g/mol. The number of ether oxygens (including phenoxy) is 1. The smallest absolute Gasteiger partial charge is 0.318 e. The zero-order valence-corrected chi connectivity index (χ0v) is 20.2. The van der Waals surface area contributed by atoms with Gasteiger partial charge in [-0.2, -0.15) is 0 Å². The fraction of sp³-hybridized carbons (Fsp3) is 0.0435. The van der Waals surface area contributed by atoms with E-state index in [9.17, 15) is 29.8 Å². The number of hydrogen-bond acceptors (Lipinski definition) is 8. The lowest BCUT2D eigenvalue weighted by Crippen LogP contribution is -2.27. The topological polar surface area (TPSA) is 133 Å². The number of amides is 2. The Labute approximate surface area is 217 Å². The Morgan fingerprint density at radius 3 is 2.39 bits per heavy atom. The first-order chi connectivity index (χ1) is 17.1. The lowest BCUT2D eigenvalue weighted by Gasteiger charge is -2.13. The van der Waals surface area contributed by atoms with Crippen molar-refractivity contribution in [1.29, 1.82) is 0 Å². The summed E-state index contributed by atoms with van der Waals surface area (Å²) in [6, 6.07) is 14.1. The van der Waals surface area contributed by atoms with Crippen LogP contribution < -0.4 is 4.74 Å². The number of carbonyl (C=O) groups excluding carboxylic acids is 2. The summed E-state index contributed by atoms with van der Waals surface area (Å²) in [5, 5.41) is 22.7. The molecule has 0 spiro atoms. The van der Waals surface area contributed by atoms with Gasteiger partial charge < -0.3 is 4.74 Å². The molecule has 10 nitrogen and oxygen atoms in total. The van der Waals surface area contributed by atoms with E-state index in [4.69, 9.17) is 27.9 Å². The Bertz CT molecular complexity index is 1460. The van der Waals surface area contributed by atoms with Crippen molar-refractivity contribution in [3.63, 3.8) is 0 Å². The Morgan fingerprint density at radius 1 is 0.944 bits per heavy atom. The largest absolute Gasteiger partial charge is 0.449 e. The zero-order valence-electron chi connectivity index (χ0n) is 17.9. The molecule has 1 saturated heterocycles. The second-order valence-electron chi connectivity index (χ2n) is 7.31. The minimum Gasteiger partial charge on any atom is -0.449 e. The first-order valence-corrected chi connectivity index (χ1v) is 11.6. The molecule has 36 heavy (non-hydrogen) atoms. The zero-order chi connectivity index (χ0) is 26.0. The molecule has 182 valence electrons. The van der Waals surface area contributed by atoms with Gasteiger partial charge in [-0.05, 0) is 47.7 Å². The summed E-state index contributed by atoms with van der Waals surface area (Å²) >= 11 is 12.8. The van der Waals surface area contributed by atoms with E-state index in [0.29, 0.717) is 21.2 Å². The van der Waals surface area contributed by atoms with Crippen LogP contribution >= 0.6 is 35.0 Å². The van der Waals surface area contributed by atoms with Crippen LogP contribution in [-0.4, -0.2) is 25.9 Å². The minimum absolute atomic E-state index is 0.0505. The highest BCUT2D eigenvalue weighted by molar-refractivity contribution is 8.18. The number of halogens is 2. The lowest BCUT2D eigenvalue weighted by molar-refractivity contribution is -0.394. The van der Waals surface area contributed by atoms with E-state index in [1.807, 2.05) is 0 Å². The highest BCUT2D eigenvalue weighted by Gasteiger charge is 2.35. The van der Waals surface area contributed by atoms with E-state index in [1.165, 1.54) is 18.2 Å². The second-order valence-corrected chi connectivity index (χ2v) is 9.15. The van der Waals surface area contributed by atoms with Crippen LogP contribution in [0.2, 0.25) is 10.0 Å². The molecule has 0 radical (unpaired) electrons. The average molecular weight is 546 g/mol. The number of hydrogen-bond donors (Lipinski definition) is 0. The molecule has 0 saturated carbocycles. The van der Waals surface area contributed by atoms with E-state index in [0.717, 1.165) is 34.9 Å². The fourth-order valence-corrected chi connectivity index (χ4v) is 4.55. The van der Waals surface area contributed by atoms with Crippen molar-refractivity contribution < 1.29 is 24.2 Å². The molecule has 1 fully saturated rings. The van der Waals surface area contributed by atoms with Gasteiger partial charge in [-0.1, -0.05) is 47.5 Å². The molecule has 13 heteroatoms. The number of non-ortho nitro benzene ring substituents is 1. The molecule has 1 aliphatic rings. The van der Waals surface area contributed by atoms with Gasteiger partial charge in [0.25, 0.3) is 16.8 Å². The van der Waals surface area contributed by atoms with Gasteiger partial charge >= 0.3 is 5.69 Å². The highest BCUT2D eigenvalue weighted by atomic mass is 35.5. The Balaban J connectivity index is 1.62. The van der Waals surface area contributed by atoms with Crippen LogP contribution in [0.3, 0.4) is 0 Å². The molecule has 0 aromatic heterocycles. The molecule has 3 aromatic rings. The molecule has 1 heterocycles. The number of imide groups is 1. The van der Waals surface area contributed by atoms with Crippen molar-refractivity contribution in [1.82, 2.24) is 4.90 Å². The molecular formula is C23H13Cl2N3O7S. The van der Waals surface area contributed by atoms with Gasteiger partial charge in [0.2, 0.25) is 5.75 Å². The summed E-state index contributed by atoms with van der Waals surface area (Å²) in [5.41, 5.74) is -0.157. The number of nitro groups is 2. The summed E-state index contributed by atoms with van der Waals surface area (Å²) < 4.78 is 5.70. The Hall–Kier alpha value is -3.93. The Morgan fingerprint density at radius 2 is 1.69 bits per heavy atom. The van der Waals surface area contributed by atoms with Crippen LogP contribution in [0.15, 0.2) is 65.6 Å². The van der Waals surface area contributed by atoms with E-state index >= 15 is 0 Å². The summed E-state index contributed by atoms with van der Waals surface area (Å²) in [4.78, 5) is 47.5. The molecular weight excluding hydrogens is 533 g/mol. The summed E-state index contributed by atoms with van der Waals surface area (Å²) in [7, 11) is 0. The van der Waals surface area contributed by atoms with Crippen LogP contribution in [0.1, 0.15) is 11.1 Å². The number of carbonyl (C=O) groups is 2. The van der Waals surface area contributed by atoms with E-state index in [2.05, 4.69) is 0 Å². The van der Waals surface area contributed by atoms with Gasteiger partial charge in [-0.15, -0.1) is 0 Å². The molecule has 0 aliphatic carbocycles. The van der Waals surface area contributed by atoms with Gasteiger partial charge in [0.1, 0.15) is 5.75 Å². The van der Waals surface area contributed by atoms with Gasteiger partial charge in [-0.25, -0.2) is 0 Å². The molecule has 3 aromatic carbocycles. The van der Waals surface area contributed by atoms with Gasteiger partial charge in [-0.3, -0.25) is 34.7 Å². The third-order valence-electron chi connectivity index (χ3n) is 4.99. The second kappa shape index (κ2) is 10.4. The number of rotatable bonds is 7. The van der Waals surface area contributed by atoms with Crippen LogP contribution in [0.4, 0.5) is 16.2 Å². The SMILES string of the molecule is O=C1S/C(=C/c2ccccc2Oc2ccc([N+](=O)[O-])cc2[N+](=O)[O-])C(=O)N1Cc1ccc(Cl)cc1Cl. The number of benzene rings is 3.